The molecule has 6 rings (SSSR count). The maximum absolute atomic E-state index is 2.39. The van der Waals surface area contributed by atoms with Crippen LogP contribution >= 0.6 is 0 Å². The second-order valence-electron chi connectivity index (χ2n) is 11.5. The van der Waals surface area contributed by atoms with Crippen LogP contribution in [0, 0.1) is 0 Å². The molecule has 0 fully saturated rings. The topological polar surface area (TPSA) is 9.86 Å². The van der Waals surface area contributed by atoms with Gasteiger partial charge in [-0.05, 0) is 68.9 Å². The Morgan fingerprint density at radius 2 is 0.974 bits per heavy atom. The molecule has 196 valence electrons. The quantitative estimate of drug-likeness (QED) is 0.123. The van der Waals surface area contributed by atoms with Crippen molar-refractivity contribution in [2.45, 2.75) is 77.6 Å². The van der Waals surface area contributed by atoms with Crippen molar-refractivity contribution in [3.8, 4) is 0 Å². The van der Waals surface area contributed by atoms with Gasteiger partial charge in [-0.2, -0.15) is 0 Å². The lowest BCUT2D eigenvalue weighted by Crippen LogP contribution is -1.88. The summed E-state index contributed by atoms with van der Waals surface area (Å²) in [5, 5.41) is 11.0. The highest BCUT2D eigenvalue weighted by Crippen LogP contribution is 2.38. The molecule has 0 aliphatic rings. The van der Waals surface area contributed by atoms with Crippen molar-refractivity contribution < 1.29 is 0 Å². The van der Waals surface area contributed by atoms with Crippen LogP contribution in [0.5, 0.6) is 0 Å². The van der Waals surface area contributed by atoms with Gasteiger partial charge in [0.2, 0.25) is 0 Å². The Bertz CT molecular complexity index is 1730. The minimum atomic E-state index is 1.18. The molecule has 2 heteroatoms. The molecule has 4 aromatic carbocycles. The summed E-state index contributed by atoms with van der Waals surface area (Å²) in [7, 11) is 4.33. The number of aromatic nitrogens is 2. The third-order valence-electron chi connectivity index (χ3n) is 8.89. The van der Waals surface area contributed by atoms with Gasteiger partial charge < -0.3 is 9.13 Å². The Balaban J connectivity index is 1.26. The Morgan fingerprint density at radius 1 is 0.474 bits per heavy atom. The van der Waals surface area contributed by atoms with Crippen LogP contribution in [0.15, 0.2) is 67.0 Å². The molecule has 2 heterocycles. The Labute approximate surface area is 227 Å². The number of aryl methyl sites for hydroxylation is 3. The number of hydrogen-bond donors (Lipinski definition) is 0. The maximum Gasteiger partial charge on any atom is 0.0487 e. The fraction of sp³-hybridized carbons (Fsp3) is 0.389. The van der Waals surface area contributed by atoms with Crippen molar-refractivity contribution in [3.63, 3.8) is 0 Å². The van der Waals surface area contributed by atoms with E-state index in [0.717, 1.165) is 0 Å². The second kappa shape index (κ2) is 10.8. The predicted molar refractivity (Wildman–Crippen MR) is 167 cm³/mol. The molecular formula is C36H42N2. The van der Waals surface area contributed by atoms with E-state index in [1.165, 1.54) is 130 Å². The van der Waals surface area contributed by atoms with Gasteiger partial charge in [0, 0.05) is 48.3 Å². The lowest BCUT2D eigenvalue weighted by Gasteiger charge is -2.11. The van der Waals surface area contributed by atoms with Crippen molar-refractivity contribution in [2.24, 2.45) is 14.1 Å². The van der Waals surface area contributed by atoms with E-state index in [0.29, 0.717) is 0 Å². The summed E-state index contributed by atoms with van der Waals surface area (Å²) in [5.41, 5.74) is 4.16. The number of hydrogen-bond acceptors (Lipinski definition) is 0. The predicted octanol–water partition coefficient (Wildman–Crippen LogP) is 10.6. The molecular weight excluding hydrogens is 460 g/mol. The molecule has 6 aromatic rings. The summed E-state index contributed by atoms with van der Waals surface area (Å²) < 4.78 is 4.54. The first-order chi connectivity index (χ1) is 18.7. The zero-order valence-electron chi connectivity index (χ0n) is 23.5. The Morgan fingerprint density at radius 3 is 1.63 bits per heavy atom. The smallest absolute Gasteiger partial charge is 0.0487 e. The first-order valence-electron chi connectivity index (χ1n) is 15.0. The lowest BCUT2D eigenvalue weighted by molar-refractivity contribution is 0.556. The largest absolute Gasteiger partial charge is 0.351 e. The van der Waals surface area contributed by atoms with Crippen LogP contribution in [0.1, 0.15) is 76.7 Å². The first kappa shape index (κ1) is 25.0. The van der Waals surface area contributed by atoms with Gasteiger partial charge in [-0.1, -0.05) is 101 Å². The monoisotopic (exact) mass is 502 g/mol. The summed E-state index contributed by atoms with van der Waals surface area (Å²) >= 11 is 0. The molecule has 38 heavy (non-hydrogen) atoms. The van der Waals surface area contributed by atoms with Crippen molar-refractivity contribution in [1.82, 2.24) is 9.13 Å². The molecule has 0 saturated carbocycles. The van der Waals surface area contributed by atoms with Gasteiger partial charge in [-0.15, -0.1) is 0 Å². The van der Waals surface area contributed by atoms with E-state index < -0.39 is 0 Å². The van der Waals surface area contributed by atoms with E-state index >= 15 is 0 Å². The van der Waals surface area contributed by atoms with E-state index in [9.17, 15) is 0 Å². The molecule has 0 amide bonds. The highest BCUT2D eigenvalue weighted by molar-refractivity contribution is 6.25. The third kappa shape index (κ3) is 4.49. The van der Waals surface area contributed by atoms with Crippen LogP contribution in [0.25, 0.3) is 54.1 Å². The molecule has 0 atom stereocenters. The summed E-state index contributed by atoms with van der Waals surface area (Å²) in [5.74, 6) is 0. The van der Waals surface area contributed by atoms with Gasteiger partial charge in [0.25, 0.3) is 0 Å². The molecule has 0 unspecified atom stereocenters. The SMILES string of the molecule is CCCCCCCCCCCCc1cn(C)c2ccc3c4ccc5c(ccc6c5ccn6C)c4ccc3c12. The molecule has 2 nitrogen and oxygen atoms in total. The molecule has 2 aromatic heterocycles. The number of fused-ring (bicyclic) bond motifs is 9. The van der Waals surface area contributed by atoms with Gasteiger partial charge in [-0.25, -0.2) is 0 Å². The maximum atomic E-state index is 2.39. The summed E-state index contributed by atoms with van der Waals surface area (Å²) in [6.45, 7) is 2.30. The standard InChI is InChI=1S/C36H42N2/c1-4-5-6-7-8-9-10-11-12-13-14-26-25-38(3)35-22-20-31-28-15-16-30-29(27(28)17-18-33(31)36(26)35)19-21-34-32(30)23-24-37(34)2/h15-25H,4-14H2,1-3H3. The van der Waals surface area contributed by atoms with Gasteiger partial charge in [-0.3, -0.25) is 0 Å². The van der Waals surface area contributed by atoms with E-state index in [4.69, 9.17) is 0 Å². The molecule has 0 aliphatic heterocycles. The average Bonchev–Trinajstić information content (AvgIpc) is 3.48. The molecule has 0 N–H and O–H groups in total. The Hall–Kier alpha value is -3.26. The number of rotatable bonds is 11. The normalized spacial score (nSPS) is 12.2. The van der Waals surface area contributed by atoms with Crippen LogP contribution in [-0.4, -0.2) is 9.13 Å². The third-order valence-corrected chi connectivity index (χ3v) is 8.89. The molecule has 0 saturated heterocycles. The van der Waals surface area contributed by atoms with Crippen LogP contribution in [-0.2, 0) is 20.5 Å². The zero-order chi connectivity index (χ0) is 26.1. The fourth-order valence-corrected chi connectivity index (χ4v) is 6.78. The minimum absolute atomic E-state index is 1.18. The zero-order valence-corrected chi connectivity index (χ0v) is 23.5. The number of nitrogens with zero attached hydrogens (tertiary/aromatic N) is 2. The molecule has 0 aliphatic carbocycles. The van der Waals surface area contributed by atoms with Crippen LogP contribution in [0.3, 0.4) is 0 Å². The van der Waals surface area contributed by atoms with Crippen molar-refractivity contribution in [2.75, 3.05) is 0 Å². The van der Waals surface area contributed by atoms with Gasteiger partial charge in [0.1, 0.15) is 0 Å². The molecule has 0 bridgehead atoms. The van der Waals surface area contributed by atoms with Crippen LogP contribution in [0.4, 0.5) is 0 Å². The highest BCUT2D eigenvalue weighted by atomic mass is 14.9. The fourth-order valence-electron chi connectivity index (χ4n) is 6.78. The van der Waals surface area contributed by atoms with E-state index in [2.05, 4.69) is 97.1 Å². The van der Waals surface area contributed by atoms with E-state index in [1.807, 2.05) is 0 Å². The van der Waals surface area contributed by atoms with E-state index in [-0.39, 0.29) is 0 Å². The van der Waals surface area contributed by atoms with Gasteiger partial charge in [0.15, 0.2) is 0 Å². The first-order valence-corrected chi connectivity index (χ1v) is 15.0. The van der Waals surface area contributed by atoms with Crippen LogP contribution < -0.4 is 0 Å². The highest BCUT2D eigenvalue weighted by Gasteiger charge is 2.14. The van der Waals surface area contributed by atoms with Gasteiger partial charge >= 0.3 is 0 Å². The Kier molecular flexibility index (Phi) is 7.15. The summed E-state index contributed by atoms with van der Waals surface area (Å²) in [6.07, 6.45) is 19.6. The average molecular weight is 503 g/mol. The second-order valence-corrected chi connectivity index (χ2v) is 11.5. The minimum Gasteiger partial charge on any atom is -0.351 e. The van der Waals surface area contributed by atoms with Crippen molar-refractivity contribution in [3.05, 3.63) is 72.6 Å². The number of benzene rings is 4. The van der Waals surface area contributed by atoms with Crippen LogP contribution in [0.2, 0.25) is 0 Å². The number of unbranched alkanes of at least 4 members (excludes halogenated alkanes) is 9. The molecule has 0 spiro atoms. The summed E-state index contributed by atoms with van der Waals surface area (Å²) in [6, 6.07) is 20.9. The van der Waals surface area contributed by atoms with Gasteiger partial charge in [0.05, 0.1) is 0 Å². The van der Waals surface area contributed by atoms with Crippen molar-refractivity contribution >= 4 is 54.1 Å². The molecule has 0 radical (unpaired) electrons. The lowest BCUT2D eigenvalue weighted by atomic mass is 9.93. The summed E-state index contributed by atoms with van der Waals surface area (Å²) in [4.78, 5) is 0. The van der Waals surface area contributed by atoms with E-state index in [1.54, 1.807) is 0 Å². The van der Waals surface area contributed by atoms with Crippen molar-refractivity contribution in [1.29, 1.82) is 0 Å².